The van der Waals surface area contributed by atoms with Crippen LogP contribution in [0.15, 0.2) is 48.6 Å². The molecule has 9 rings (SSSR count). The lowest BCUT2D eigenvalue weighted by molar-refractivity contribution is -0.218. The number of amides is 1. The number of esters is 2. The molecule has 13 nitrogen and oxygen atoms in total. The number of ether oxygens (including phenoxy) is 3. The van der Waals surface area contributed by atoms with Gasteiger partial charge < -0.3 is 39.4 Å². The minimum absolute atomic E-state index is 0.136. The molecular weight excluding hydrogens is 729 g/mol. The van der Waals surface area contributed by atoms with Crippen molar-refractivity contribution in [2.24, 2.45) is 11.3 Å². The number of hydrogen-bond donors (Lipinski definition) is 4. The fourth-order valence-electron chi connectivity index (χ4n) is 13.0. The second-order valence-electron chi connectivity index (χ2n) is 17.5. The van der Waals surface area contributed by atoms with Gasteiger partial charge >= 0.3 is 11.9 Å². The number of aliphatic hydroxyl groups excluding tert-OH is 1. The lowest BCUT2D eigenvalue weighted by atomic mass is 9.47. The number of rotatable bonds is 7. The summed E-state index contributed by atoms with van der Waals surface area (Å²) in [5, 5.41) is 38.2. The van der Waals surface area contributed by atoms with Crippen LogP contribution in [0.5, 0.6) is 5.75 Å². The van der Waals surface area contributed by atoms with E-state index in [-0.39, 0.29) is 12.3 Å². The third kappa shape index (κ3) is 4.77. The standard InChI is InChI=1S/C44H54N4O9/c1-6-40(53)21-26-22-43(38(51)56-4,34-28(13-17-46(23-26)24-40)27-11-8-9-12-31(27)45-34)30-19-29-32(20-33(30)55-3)48(25-49)36-42(29)15-18-47-16-10-14-41(7-2,35(42)47)37(50)44(36,54)39(52)57-5/h8-12,14,19-20,25-26,35-37,45,50,53-54H,6-7,13,15-18,21-24H2,1-5H3/t26-,35-,36+,37+,40-,41+,42+,43-,44-/m0/s1. The highest BCUT2D eigenvalue weighted by molar-refractivity contribution is 5.96. The van der Waals surface area contributed by atoms with Crippen molar-refractivity contribution in [1.29, 1.82) is 0 Å². The summed E-state index contributed by atoms with van der Waals surface area (Å²) in [7, 11) is 4.11. The maximum Gasteiger partial charge on any atom is 0.342 e. The normalized spacial score (nSPS) is 37.9. The predicted molar refractivity (Wildman–Crippen MR) is 211 cm³/mol. The van der Waals surface area contributed by atoms with Crippen LogP contribution in [0, 0.1) is 11.3 Å². The Bertz CT molecular complexity index is 2190. The maximum atomic E-state index is 15.2. The maximum absolute atomic E-state index is 15.2. The van der Waals surface area contributed by atoms with E-state index in [0.717, 1.165) is 16.5 Å². The highest BCUT2D eigenvalue weighted by Crippen LogP contribution is 2.67. The number of nitrogens with zero attached hydrogens (tertiary/aromatic N) is 3. The van der Waals surface area contributed by atoms with E-state index in [9.17, 15) is 24.9 Å². The first kappa shape index (κ1) is 38.3. The van der Waals surface area contributed by atoms with E-state index in [0.29, 0.717) is 99.5 Å². The zero-order valence-electron chi connectivity index (χ0n) is 33.4. The van der Waals surface area contributed by atoms with Crippen LogP contribution in [-0.2, 0) is 41.1 Å². The van der Waals surface area contributed by atoms with Crippen molar-refractivity contribution in [3.8, 4) is 5.75 Å². The van der Waals surface area contributed by atoms with Gasteiger partial charge in [0.15, 0.2) is 0 Å². The Balaban J connectivity index is 1.38. The Hall–Kier alpha value is -4.27. The van der Waals surface area contributed by atoms with Crippen molar-refractivity contribution in [2.45, 2.75) is 92.6 Å². The quantitative estimate of drug-likeness (QED) is 0.158. The number of nitrogens with one attached hydrogen (secondary N) is 1. The van der Waals surface area contributed by atoms with Gasteiger partial charge in [-0.05, 0) is 74.2 Å². The fraction of sp³-hybridized carbons (Fsp3) is 0.568. The van der Waals surface area contributed by atoms with Crippen molar-refractivity contribution >= 4 is 34.9 Å². The minimum atomic E-state index is -2.52. The van der Waals surface area contributed by atoms with Gasteiger partial charge in [-0.25, -0.2) is 4.79 Å². The molecule has 2 saturated heterocycles. The van der Waals surface area contributed by atoms with Crippen LogP contribution >= 0.6 is 0 Å². The van der Waals surface area contributed by atoms with E-state index in [1.165, 1.54) is 26.2 Å². The van der Waals surface area contributed by atoms with Crippen LogP contribution in [0.1, 0.15) is 68.3 Å². The number of aliphatic hydroxyl groups is 3. The van der Waals surface area contributed by atoms with Crippen molar-refractivity contribution in [2.75, 3.05) is 59.0 Å². The number of aromatic nitrogens is 1. The molecule has 1 aliphatic carbocycles. The van der Waals surface area contributed by atoms with Crippen LogP contribution in [0.4, 0.5) is 5.69 Å². The van der Waals surface area contributed by atoms with Gasteiger partial charge in [-0.1, -0.05) is 44.2 Å². The van der Waals surface area contributed by atoms with E-state index in [1.807, 2.05) is 50.3 Å². The number of anilines is 1. The molecule has 2 bridgehead atoms. The molecule has 1 amide bonds. The highest BCUT2D eigenvalue weighted by Gasteiger charge is 2.79. The number of fused-ring (bicyclic) bond motifs is 6. The molecule has 1 unspecified atom stereocenters. The summed E-state index contributed by atoms with van der Waals surface area (Å²) in [6.07, 6.45) is 5.71. The molecule has 1 saturated carbocycles. The molecule has 5 aliphatic heterocycles. The van der Waals surface area contributed by atoms with Crippen molar-refractivity contribution in [3.05, 3.63) is 70.9 Å². The minimum Gasteiger partial charge on any atom is -0.496 e. The van der Waals surface area contributed by atoms with Crippen LogP contribution in [0.3, 0.4) is 0 Å². The lowest BCUT2D eigenvalue weighted by Gasteiger charge is -2.62. The Morgan fingerprint density at radius 2 is 1.75 bits per heavy atom. The van der Waals surface area contributed by atoms with Gasteiger partial charge in [0.25, 0.3) is 0 Å². The largest absolute Gasteiger partial charge is 0.496 e. The Kier molecular flexibility index (Phi) is 8.81. The zero-order valence-corrected chi connectivity index (χ0v) is 33.4. The molecule has 2 aromatic carbocycles. The van der Waals surface area contributed by atoms with Gasteiger partial charge in [-0.15, -0.1) is 0 Å². The van der Waals surface area contributed by atoms with E-state index in [2.05, 4.69) is 20.9 Å². The third-order valence-corrected chi connectivity index (χ3v) is 15.3. The Morgan fingerprint density at radius 3 is 2.46 bits per heavy atom. The molecular formula is C44H54N4O9. The van der Waals surface area contributed by atoms with Gasteiger partial charge in [0, 0.05) is 71.3 Å². The molecule has 1 spiro atoms. The zero-order chi connectivity index (χ0) is 40.3. The summed E-state index contributed by atoms with van der Waals surface area (Å²) in [5.41, 5.74) is -2.95. The molecule has 4 N–H and O–H groups in total. The molecule has 304 valence electrons. The number of aromatic amines is 1. The van der Waals surface area contributed by atoms with E-state index < -0.39 is 57.6 Å². The van der Waals surface area contributed by atoms with E-state index in [4.69, 9.17) is 14.2 Å². The first-order valence-corrected chi connectivity index (χ1v) is 20.4. The molecule has 3 fully saturated rings. The van der Waals surface area contributed by atoms with Crippen molar-refractivity contribution < 1.29 is 43.9 Å². The number of carbonyl (C=O) groups excluding carboxylic acids is 3. The third-order valence-electron chi connectivity index (χ3n) is 15.3. The second-order valence-corrected chi connectivity index (χ2v) is 17.5. The van der Waals surface area contributed by atoms with Gasteiger partial charge in [0.05, 0.1) is 38.7 Å². The summed E-state index contributed by atoms with van der Waals surface area (Å²) in [5.74, 6) is -1.33. The fourth-order valence-corrected chi connectivity index (χ4v) is 13.0. The number of benzene rings is 2. The van der Waals surface area contributed by atoms with Gasteiger partial charge in [0.2, 0.25) is 12.0 Å². The van der Waals surface area contributed by atoms with E-state index in [1.54, 1.807) is 6.07 Å². The molecule has 6 heterocycles. The summed E-state index contributed by atoms with van der Waals surface area (Å²) < 4.78 is 17.4. The SMILES string of the molecule is CC[C@]1(O)C[C@@H]2CN(CCc3c([nH]c4ccccc34)[C@@](C(=O)OC)(c3cc4c(cc3OC)N(C=O)[C@H]3[C@@](O)(C(=O)OC)[C@H](O)[C@]5(CC)C=CCN6CC[C@]43[C@@H]65)C2)C1. The van der Waals surface area contributed by atoms with Gasteiger partial charge in [-0.3, -0.25) is 19.4 Å². The number of methoxy groups -OCH3 is 3. The molecule has 57 heavy (non-hydrogen) atoms. The average Bonchev–Trinajstić information content (AvgIpc) is 3.90. The molecule has 0 radical (unpaired) electrons. The summed E-state index contributed by atoms with van der Waals surface area (Å²) in [4.78, 5) is 52.5. The predicted octanol–water partition coefficient (Wildman–Crippen LogP) is 2.95. The summed E-state index contributed by atoms with van der Waals surface area (Å²) in [6, 6.07) is 10.1. The van der Waals surface area contributed by atoms with Crippen LogP contribution in [-0.4, -0.2) is 132 Å². The van der Waals surface area contributed by atoms with Crippen molar-refractivity contribution in [1.82, 2.24) is 14.8 Å². The number of H-pyrrole nitrogens is 1. The van der Waals surface area contributed by atoms with Gasteiger partial charge in [0.1, 0.15) is 17.3 Å². The van der Waals surface area contributed by atoms with Crippen LogP contribution in [0.25, 0.3) is 10.9 Å². The molecule has 1 aromatic heterocycles. The van der Waals surface area contributed by atoms with E-state index >= 15 is 4.79 Å². The number of piperidine rings is 1. The molecule has 13 heteroatoms. The first-order chi connectivity index (χ1) is 27.4. The number of carbonyl (C=O) groups is 3. The number of para-hydroxylation sites is 1. The summed E-state index contributed by atoms with van der Waals surface area (Å²) in [6.45, 7) is 7.01. The Labute approximate surface area is 332 Å². The monoisotopic (exact) mass is 782 g/mol. The van der Waals surface area contributed by atoms with Crippen LogP contribution in [0.2, 0.25) is 0 Å². The highest BCUT2D eigenvalue weighted by atomic mass is 16.5. The molecule has 10 atom stereocenters. The smallest absolute Gasteiger partial charge is 0.342 e. The topological polar surface area (TPSA) is 165 Å². The number of hydrogen-bond acceptors (Lipinski definition) is 11. The lowest BCUT2D eigenvalue weighted by Crippen LogP contribution is -2.81. The van der Waals surface area contributed by atoms with Crippen molar-refractivity contribution in [3.63, 3.8) is 0 Å². The second kappa shape index (κ2) is 13.1. The first-order valence-electron chi connectivity index (χ1n) is 20.4. The Morgan fingerprint density at radius 1 is 0.982 bits per heavy atom. The van der Waals surface area contributed by atoms with Crippen LogP contribution < -0.4 is 9.64 Å². The molecule has 6 aliphatic rings. The summed E-state index contributed by atoms with van der Waals surface area (Å²) >= 11 is 0. The van der Waals surface area contributed by atoms with Gasteiger partial charge in [-0.2, -0.15) is 0 Å². The average molecular weight is 783 g/mol. The molecule has 3 aromatic rings.